The van der Waals surface area contributed by atoms with Crippen molar-refractivity contribution in [3.8, 4) is 5.75 Å². The molecule has 2 heterocycles. The lowest BCUT2D eigenvalue weighted by molar-refractivity contribution is -0.116. The fourth-order valence-corrected chi connectivity index (χ4v) is 6.11. The lowest BCUT2D eigenvalue weighted by Crippen LogP contribution is -2.22. The molecule has 6 rings (SSSR count). The van der Waals surface area contributed by atoms with Gasteiger partial charge in [-0.3, -0.25) is 4.79 Å². The third-order valence-electron chi connectivity index (χ3n) is 8.44. The Kier molecular flexibility index (Phi) is 7.95. The number of nitrogens with zero attached hydrogens (tertiary/aromatic N) is 1. The minimum absolute atomic E-state index is 0.113. The third-order valence-corrected chi connectivity index (χ3v) is 8.44. The SMILES string of the molecule is CCC(Cc1ccccc1)c1oc(=O)c(NC(=O)CCn2ccc3ccccc32)c(O)c1C(c1ccccc1)C1CC1. The number of aromatic hydroxyl groups is 1. The molecular weight excluding hydrogens is 524 g/mol. The highest BCUT2D eigenvalue weighted by Crippen LogP contribution is 2.52. The second-order valence-corrected chi connectivity index (χ2v) is 11.3. The molecule has 3 aromatic carbocycles. The van der Waals surface area contributed by atoms with Gasteiger partial charge in [0, 0.05) is 42.1 Å². The molecule has 1 saturated carbocycles. The number of para-hydroxylation sites is 1. The van der Waals surface area contributed by atoms with Gasteiger partial charge in [-0.2, -0.15) is 0 Å². The first kappa shape index (κ1) is 27.6. The molecule has 2 unspecified atom stereocenters. The fourth-order valence-electron chi connectivity index (χ4n) is 6.11. The number of nitrogens with one attached hydrogen (secondary N) is 1. The smallest absolute Gasteiger partial charge is 0.363 e. The molecule has 1 amide bonds. The lowest BCUT2D eigenvalue weighted by atomic mass is 9.81. The van der Waals surface area contributed by atoms with Crippen molar-refractivity contribution < 1.29 is 14.3 Å². The van der Waals surface area contributed by atoms with Gasteiger partial charge in [-0.15, -0.1) is 0 Å². The van der Waals surface area contributed by atoms with Gasteiger partial charge in [0.15, 0.2) is 11.4 Å². The molecule has 0 saturated heterocycles. The van der Waals surface area contributed by atoms with Crippen molar-refractivity contribution in [1.82, 2.24) is 4.57 Å². The summed E-state index contributed by atoms with van der Waals surface area (Å²) in [7, 11) is 0. The molecule has 5 aromatic rings. The summed E-state index contributed by atoms with van der Waals surface area (Å²) in [5.41, 5.74) is 2.97. The number of anilines is 1. The van der Waals surface area contributed by atoms with Crippen LogP contribution in [0.25, 0.3) is 10.9 Å². The molecular formula is C36H36N2O4. The molecule has 2 atom stereocenters. The number of fused-ring (bicyclic) bond motifs is 1. The van der Waals surface area contributed by atoms with Gasteiger partial charge in [0.05, 0.1) is 0 Å². The van der Waals surface area contributed by atoms with Crippen molar-refractivity contribution in [3.63, 3.8) is 0 Å². The van der Waals surface area contributed by atoms with Crippen LogP contribution in [-0.4, -0.2) is 15.6 Å². The second-order valence-electron chi connectivity index (χ2n) is 11.3. The number of hydrogen-bond donors (Lipinski definition) is 2. The highest BCUT2D eigenvalue weighted by Gasteiger charge is 2.39. The number of rotatable bonds is 11. The molecule has 0 spiro atoms. The summed E-state index contributed by atoms with van der Waals surface area (Å²) in [5, 5.41) is 15.7. The van der Waals surface area contributed by atoms with E-state index in [0.29, 0.717) is 30.2 Å². The highest BCUT2D eigenvalue weighted by molar-refractivity contribution is 5.92. The molecule has 0 bridgehead atoms. The Morgan fingerprint density at radius 2 is 1.67 bits per heavy atom. The van der Waals surface area contributed by atoms with E-state index in [9.17, 15) is 14.7 Å². The number of amides is 1. The van der Waals surface area contributed by atoms with Crippen molar-refractivity contribution in [3.05, 3.63) is 130 Å². The van der Waals surface area contributed by atoms with Crippen molar-refractivity contribution >= 4 is 22.5 Å². The summed E-state index contributed by atoms with van der Waals surface area (Å²) in [6.07, 6.45) is 5.56. The zero-order valence-electron chi connectivity index (χ0n) is 23.8. The Balaban J connectivity index is 1.36. The lowest BCUT2D eigenvalue weighted by Gasteiger charge is -2.26. The Morgan fingerprint density at radius 3 is 2.38 bits per heavy atom. The highest BCUT2D eigenvalue weighted by atomic mass is 16.4. The minimum Gasteiger partial charge on any atom is -0.505 e. The van der Waals surface area contributed by atoms with Gasteiger partial charge in [-0.25, -0.2) is 4.79 Å². The summed E-state index contributed by atoms with van der Waals surface area (Å²) < 4.78 is 8.11. The molecule has 214 valence electrons. The largest absolute Gasteiger partial charge is 0.505 e. The van der Waals surface area contributed by atoms with Gasteiger partial charge in [-0.1, -0.05) is 85.8 Å². The predicted molar refractivity (Wildman–Crippen MR) is 166 cm³/mol. The standard InChI is InChI=1S/C36H36N2O4/c1-2-25(23-24-11-5-3-6-12-24)35-32(31(28-17-18-28)27-14-7-4-8-15-27)34(40)33(36(41)42-35)37-30(39)20-22-38-21-19-26-13-9-10-16-29(26)38/h3-16,19,21,25,28,31,40H,2,17-18,20,22-23H2,1H3,(H,37,39). The fraction of sp³-hybridized carbons (Fsp3) is 0.278. The zero-order valence-corrected chi connectivity index (χ0v) is 23.8. The van der Waals surface area contributed by atoms with E-state index in [2.05, 4.69) is 36.5 Å². The molecule has 2 aromatic heterocycles. The normalized spacial score (nSPS) is 14.5. The van der Waals surface area contributed by atoms with E-state index in [1.54, 1.807) is 0 Å². The quantitative estimate of drug-likeness (QED) is 0.174. The Morgan fingerprint density at radius 1 is 0.976 bits per heavy atom. The summed E-state index contributed by atoms with van der Waals surface area (Å²) in [5.74, 6) is 0.0577. The summed E-state index contributed by atoms with van der Waals surface area (Å²) in [4.78, 5) is 26.6. The minimum atomic E-state index is -0.722. The van der Waals surface area contributed by atoms with E-state index < -0.39 is 5.63 Å². The number of benzene rings is 3. The number of hydrogen-bond acceptors (Lipinski definition) is 4. The monoisotopic (exact) mass is 560 g/mol. The van der Waals surface area contributed by atoms with Crippen LogP contribution in [0.2, 0.25) is 0 Å². The van der Waals surface area contributed by atoms with Gasteiger partial charge in [0.2, 0.25) is 5.91 Å². The van der Waals surface area contributed by atoms with E-state index in [-0.39, 0.29) is 35.6 Å². The molecule has 1 aliphatic carbocycles. The Bertz CT molecular complexity index is 1740. The van der Waals surface area contributed by atoms with Crippen LogP contribution in [0.15, 0.2) is 106 Å². The maximum Gasteiger partial charge on any atom is 0.363 e. The van der Waals surface area contributed by atoms with Crippen molar-refractivity contribution in [2.75, 3.05) is 5.32 Å². The molecule has 42 heavy (non-hydrogen) atoms. The van der Waals surface area contributed by atoms with Crippen LogP contribution in [0.5, 0.6) is 5.75 Å². The molecule has 0 aliphatic heterocycles. The predicted octanol–water partition coefficient (Wildman–Crippen LogP) is 7.61. The number of aryl methyl sites for hydroxylation is 1. The van der Waals surface area contributed by atoms with E-state index >= 15 is 0 Å². The third kappa shape index (κ3) is 5.75. The van der Waals surface area contributed by atoms with E-state index in [1.165, 1.54) is 0 Å². The molecule has 2 N–H and O–H groups in total. The van der Waals surface area contributed by atoms with E-state index in [4.69, 9.17) is 4.42 Å². The maximum absolute atomic E-state index is 13.4. The summed E-state index contributed by atoms with van der Waals surface area (Å²) >= 11 is 0. The molecule has 1 fully saturated rings. The number of aromatic nitrogens is 1. The van der Waals surface area contributed by atoms with E-state index in [1.807, 2.05) is 77.5 Å². The van der Waals surface area contributed by atoms with Crippen molar-refractivity contribution in [2.45, 2.75) is 57.4 Å². The van der Waals surface area contributed by atoms with Crippen LogP contribution in [-0.2, 0) is 17.8 Å². The average Bonchev–Trinajstić information content (AvgIpc) is 3.77. The topological polar surface area (TPSA) is 84.5 Å². The molecule has 6 nitrogen and oxygen atoms in total. The van der Waals surface area contributed by atoms with Crippen molar-refractivity contribution in [1.29, 1.82) is 0 Å². The van der Waals surface area contributed by atoms with Gasteiger partial charge in [0.1, 0.15) is 5.76 Å². The average molecular weight is 561 g/mol. The molecule has 1 aliphatic rings. The van der Waals surface area contributed by atoms with Crippen LogP contribution < -0.4 is 10.9 Å². The van der Waals surface area contributed by atoms with Gasteiger partial charge < -0.3 is 19.4 Å². The van der Waals surface area contributed by atoms with Crippen LogP contribution in [0.4, 0.5) is 5.69 Å². The first-order valence-electron chi connectivity index (χ1n) is 14.9. The van der Waals surface area contributed by atoms with Gasteiger partial charge >= 0.3 is 5.63 Å². The van der Waals surface area contributed by atoms with Crippen LogP contribution in [0, 0.1) is 5.92 Å². The van der Waals surface area contributed by atoms with E-state index in [0.717, 1.165) is 41.3 Å². The van der Waals surface area contributed by atoms with Crippen LogP contribution in [0.3, 0.4) is 0 Å². The Hall–Kier alpha value is -4.58. The number of carbonyl (C=O) groups excluding carboxylic acids is 1. The maximum atomic E-state index is 13.4. The number of carbonyl (C=O) groups is 1. The van der Waals surface area contributed by atoms with Crippen molar-refractivity contribution in [2.24, 2.45) is 5.92 Å². The first-order chi connectivity index (χ1) is 20.5. The zero-order chi connectivity index (χ0) is 29.1. The van der Waals surface area contributed by atoms with Crippen LogP contribution >= 0.6 is 0 Å². The first-order valence-corrected chi connectivity index (χ1v) is 14.9. The molecule has 0 radical (unpaired) electrons. The van der Waals surface area contributed by atoms with Gasteiger partial charge in [0.25, 0.3) is 0 Å². The Labute approximate surface area is 245 Å². The van der Waals surface area contributed by atoms with Gasteiger partial charge in [-0.05, 0) is 60.2 Å². The summed E-state index contributed by atoms with van der Waals surface area (Å²) in [6, 6.07) is 30.2. The molecule has 6 heteroatoms. The summed E-state index contributed by atoms with van der Waals surface area (Å²) in [6.45, 7) is 2.52. The van der Waals surface area contributed by atoms with Crippen LogP contribution in [0.1, 0.15) is 66.9 Å². The second kappa shape index (κ2) is 12.1.